The van der Waals surface area contributed by atoms with Crippen molar-refractivity contribution in [1.82, 2.24) is 4.90 Å². The first-order valence-corrected chi connectivity index (χ1v) is 10.5. The summed E-state index contributed by atoms with van der Waals surface area (Å²) in [6.45, 7) is -0.0181. The lowest BCUT2D eigenvalue weighted by atomic mass is 9.93. The van der Waals surface area contributed by atoms with E-state index < -0.39 is 17.6 Å². The van der Waals surface area contributed by atoms with Crippen molar-refractivity contribution < 1.29 is 23.5 Å². The molecule has 2 aromatic rings. The van der Waals surface area contributed by atoms with Crippen LogP contribution in [0.2, 0.25) is 0 Å². The Kier molecular flexibility index (Phi) is 7.66. The number of carbonyl (C=O) groups is 2. The molecule has 8 heteroatoms. The summed E-state index contributed by atoms with van der Waals surface area (Å²) in [5, 5.41) is 8.98. The quantitative estimate of drug-likeness (QED) is 0.677. The molecule has 0 bridgehead atoms. The standard InChI is InChI=1S/C24H26FN3O4/c1-31-22-12-17(8-10-21(22)32-15-23(27)29)14-28(18-5-3-2-4-6-18)24(30)19-9-7-16(13-26)11-20(19)25/h7-12,18H,2-6,14-15H2,1H3,(H2,27,29). The number of benzene rings is 2. The van der Waals surface area contributed by atoms with Crippen LogP contribution in [0.25, 0.3) is 0 Å². The topological polar surface area (TPSA) is 106 Å². The third-order valence-electron chi connectivity index (χ3n) is 5.56. The lowest BCUT2D eigenvalue weighted by molar-refractivity contribution is -0.119. The predicted molar refractivity (Wildman–Crippen MR) is 116 cm³/mol. The van der Waals surface area contributed by atoms with E-state index in [1.165, 1.54) is 19.2 Å². The SMILES string of the molecule is COc1cc(CN(C(=O)c2ccc(C#N)cc2F)C2CCCCC2)ccc1OCC(N)=O. The van der Waals surface area contributed by atoms with Gasteiger partial charge in [-0.15, -0.1) is 0 Å². The van der Waals surface area contributed by atoms with Crippen LogP contribution in [0.4, 0.5) is 4.39 Å². The molecule has 32 heavy (non-hydrogen) atoms. The number of hydrogen-bond acceptors (Lipinski definition) is 5. The van der Waals surface area contributed by atoms with Crippen LogP contribution in [0.1, 0.15) is 53.6 Å². The number of halogens is 1. The summed E-state index contributed by atoms with van der Waals surface area (Å²) in [6, 6.07) is 10.9. The number of methoxy groups -OCH3 is 1. The monoisotopic (exact) mass is 439 g/mol. The minimum atomic E-state index is -0.706. The molecule has 0 atom stereocenters. The van der Waals surface area contributed by atoms with Crippen molar-refractivity contribution in [3.8, 4) is 17.6 Å². The molecule has 2 amide bonds. The van der Waals surface area contributed by atoms with Crippen LogP contribution in [0.5, 0.6) is 11.5 Å². The van der Waals surface area contributed by atoms with Gasteiger partial charge in [-0.2, -0.15) is 5.26 Å². The van der Waals surface area contributed by atoms with Gasteiger partial charge in [0.05, 0.1) is 24.3 Å². The van der Waals surface area contributed by atoms with Crippen molar-refractivity contribution in [3.05, 3.63) is 58.9 Å². The lowest BCUT2D eigenvalue weighted by Gasteiger charge is -2.35. The Morgan fingerprint density at radius 2 is 1.91 bits per heavy atom. The minimum Gasteiger partial charge on any atom is -0.493 e. The maximum Gasteiger partial charge on any atom is 0.257 e. The van der Waals surface area contributed by atoms with Gasteiger partial charge in [0.2, 0.25) is 0 Å². The van der Waals surface area contributed by atoms with Crippen molar-refractivity contribution >= 4 is 11.8 Å². The van der Waals surface area contributed by atoms with Crippen LogP contribution in [-0.2, 0) is 11.3 Å². The largest absolute Gasteiger partial charge is 0.493 e. The number of rotatable bonds is 8. The molecule has 7 nitrogen and oxygen atoms in total. The van der Waals surface area contributed by atoms with Gasteiger partial charge < -0.3 is 20.1 Å². The third-order valence-corrected chi connectivity index (χ3v) is 5.56. The summed E-state index contributed by atoms with van der Waals surface area (Å²) in [7, 11) is 1.48. The van der Waals surface area contributed by atoms with E-state index in [0.717, 1.165) is 43.7 Å². The third kappa shape index (κ3) is 5.55. The van der Waals surface area contributed by atoms with Crippen molar-refractivity contribution in [3.63, 3.8) is 0 Å². The number of carbonyl (C=O) groups excluding carboxylic acids is 2. The normalized spacial score (nSPS) is 13.8. The average molecular weight is 439 g/mol. The summed E-state index contributed by atoms with van der Waals surface area (Å²) >= 11 is 0. The zero-order chi connectivity index (χ0) is 23.1. The van der Waals surface area contributed by atoms with E-state index in [1.807, 2.05) is 6.07 Å². The van der Waals surface area contributed by atoms with Crippen molar-refractivity contribution in [1.29, 1.82) is 5.26 Å². The minimum absolute atomic E-state index is 0.0110. The highest BCUT2D eigenvalue weighted by molar-refractivity contribution is 5.94. The first-order chi connectivity index (χ1) is 15.4. The van der Waals surface area contributed by atoms with Crippen LogP contribution in [-0.4, -0.2) is 36.5 Å². The van der Waals surface area contributed by atoms with Gasteiger partial charge in [0, 0.05) is 12.6 Å². The van der Waals surface area contributed by atoms with Crippen molar-refractivity contribution in [2.24, 2.45) is 5.73 Å². The summed E-state index contributed by atoms with van der Waals surface area (Å²) in [6.07, 6.45) is 4.83. The number of amides is 2. The van der Waals surface area contributed by atoms with Gasteiger partial charge in [-0.3, -0.25) is 9.59 Å². The van der Waals surface area contributed by atoms with E-state index in [0.29, 0.717) is 11.5 Å². The molecule has 0 saturated heterocycles. The van der Waals surface area contributed by atoms with Crippen LogP contribution in [0.3, 0.4) is 0 Å². The van der Waals surface area contributed by atoms with E-state index in [4.69, 9.17) is 20.5 Å². The van der Waals surface area contributed by atoms with Crippen molar-refractivity contribution in [2.45, 2.75) is 44.7 Å². The highest BCUT2D eigenvalue weighted by Gasteiger charge is 2.28. The molecule has 0 aromatic heterocycles. The molecule has 1 aliphatic rings. The number of ether oxygens (including phenoxy) is 2. The van der Waals surface area contributed by atoms with Crippen LogP contribution < -0.4 is 15.2 Å². The van der Waals surface area contributed by atoms with Gasteiger partial charge in [-0.25, -0.2) is 4.39 Å². The average Bonchev–Trinajstić information content (AvgIpc) is 2.81. The van der Waals surface area contributed by atoms with Gasteiger partial charge in [0.1, 0.15) is 5.82 Å². The Labute approximate surface area is 186 Å². The molecule has 0 spiro atoms. The zero-order valence-corrected chi connectivity index (χ0v) is 18.0. The highest BCUT2D eigenvalue weighted by atomic mass is 19.1. The van der Waals surface area contributed by atoms with Crippen LogP contribution in [0, 0.1) is 17.1 Å². The molecule has 2 aromatic carbocycles. The fourth-order valence-electron chi connectivity index (χ4n) is 3.95. The van der Waals surface area contributed by atoms with E-state index in [-0.39, 0.29) is 30.3 Å². The van der Waals surface area contributed by atoms with Crippen molar-refractivity contribution in [2.75, 3.05) is 13.7 Å². The number of nitrogens with two attached hydrogens (primary N) is 1. The van der Waals surface area contributed by atoms with E-state index in [1.54, 1.807) is 23.1 Å². The molecular formula is C24H26FN3O4. The summed E-state index contributed by atoms with van der Waals surface area (Å²) in [5.41, 5.74) is 6.02. The Morgan fingerprint density at radius 3 is 2.53 bits per heavy atom. The molecule has 1 saturated carbocycles. The van der Waals surface area contributed by atoms with Gasteiger partial charge >= 0.3 is 0 Å². The van der Waals surface area contributed by atoms with Crippen LogP contribution >= 0.6 is 0 Å². The second kappa shape index (κ2) is 10.6. The second-order valence-corrected chi connectivity index (χ2v) is 7.77. The Bertz CT molecular complexity index is 1030. The zero-order valence-electron chi connectivity index (χ0n) is 18.0. The predicted octanol–water partition coefficient (Wildman–Crippen LogP) is 3.55. The fourth-order valence-corrected chi connectivity index (χ4v) is 3.95. The number of primary amides is 1. The molecule has 1 fully saturated rings. The van der Waals surface area contributed by atoms with Gasteiger partial charge in [0.15, 0.2) is 18.1 Å². The number of nitriles is 1. The molecule has 0 heterocycles. The fraction of sp³-hybridized carbons (Fsp3) is 0.375. The Morgan fingerprint density at radius 1 is 1.16 bits per heavy atom. The molecule has 0 unspecified atom stereocenters. The molecule has 0 aliphatic heterocycles. The lowest BCUT2D eigenvalue weighted by Crippen LogP contribution is -2.41. The first-order valence-electron chi connectivity index (χ1n) is 10.5. The number of nitrogens with zero attached hydrogens (tertiary/aromatic N) is 2. The van der Waals surface area contributed by atoms with Gasteiger partial charge in [-0.05, 0) is 48.7 Å². The Hall–Kier alpha value is -3.60. The molecule has 3 rings (SSSR count). The first kappa shape index (κ1) is 23.1. The van der Waals surface area contributed by atoms with E-state index >= 15 is 0 Å². The number of hydrogen-bond donors (Lipinski definition) is 1. The smallest absolute Gasteiger partial charge is 0.257 e. The molecule has 1 aliphatic carbocycles. The van der Waals surface area contributed by atoms with Crippen LogP contribution in [0.15, 0.2) is 36.4 Å². The maximum absolute atomic E-state index is 14.6. The molecule has 168 valence electrons. The second-order valence-electron chi connectivity index (χ2n) is 7.77. The summed E-state index contributed by atoms with van der Waals surface area (Å²) in [5.74, 6) is -0.947. The van der Waals surface area contributed by atoms with Gasteiger partial charge in [-0.1, -0.05) is 25.3 Å². The summed E-state index contributed by atoms with van der Waals surface area (Å²) in [4.78, 5) is 26.1. The molecule has 2 N–H and O–H groups in total. The Balaban J connectivity index is 1.89. The molecule has 0 radical (unpaired) electrons. The summed E-state index contributed by atoms with van der Waals surface area (Å²) < 4.78 is 25.3. The highest BCUT2D eigenvalue weighted by Crippen LogP contribution is 2.31. The van der Waals surface area contributed by atoms with Gasteiger partial charge in [0.25, 0.3) is 11.8 Å². The van der Waals surface area contributed by atoms with E-state index in [2.05, 4.69) is 0 Å². The maximum atomic E-state index is 14.6. The molecular weight excluding hydrogens is 413 g/mol. The van der Waals surface area contributed by atoms with E-state index in [9.17, 15) is 14.0 Å².